The molecule has 0 radical (unpaired) electrons. The summed E-state index contributed by atoms with van der Waals surface area (Å²) in [6.07, 6.45) is 1.66. The van der Waals surface area contributed by atoms with E-state index >= 15 is 0 Å². The van der Waals surface area contributed by atoms with E-state index in [4.69, 9.17) is 17.3 Å². The van der Waals surface area contributed by atoms with Crippen LogP contribution in [0.1, 0.15) is 11.1 Å². The van der Waals surface area contributed by atoms with Crippen molar-refractivity contribution >= 4 is 23.4 Å². The van der Waals surface area contributed by atoms with Crippen molar-refractivity contribution in [2.75, 3.05) is 0 Å². The van der Waals surface area contributed by atoms with Gasteiger partial charge in [-0.15, -0.1) is 5.10 Å². The van der Waals surface area contributed by atoms with E-state index in [-0.39, 0.29) is 0 Å². The van der Waals surface area contributed by atoms with Crippen LogP contribution in [0, 0.1) is 0 Å². The molecule has 1 heterocycles. The van der Waals surface area contributed by atoms with Crippen molar-refractivity contribution in [2.24, 2.45) is 5.73 Å². The summed E-state index contributed by atoms with van der Waals surface area (Å²) in [6, 6.07) is 9.69. The highest BCUT2D eigenvalue weighted by atomic mass is 35.5. The van der Waals surface area contributed by atoms with E-state index in [9.17, 15) is 0 Å². The standard InChI is InChI=1S/C12H12ClN3S/c13-11-3-1-9(2-4-11)8-17-12-10(7-14)5-6-15-16-12/h1-6H,7-8,14H2. The number of nitrogens with zero attached hydrogens (tertiary/aromatic N) is 2. The predicted molar refractivity (Wildman–Crippen MR) is 70.9 cm³/mol. The van der Waals surface area contributed by atoms with Crippen molar-refractivity contribution in [3.8, 4) is 0 Å². The second-order valence-corrected chi connectivity index (χ2v) is 4.88. The van der Waals surface area contributed by atoms with Gasteiger partial charge in [0.2, 0.25) is 0 Å². The fourth-order valence-electron chi connectivity index (χ4n) is 1.35. The highest BCUT2D eigenvalue weighted by Gasteiger charge is 2.03. The van der Waals surface area contributed by atoms with Gasteiger partial charge in [0.05, 0.1) is 0 Å². The van der Waals surface area contributed by atoms with Crippen LogP contribution in [-0.4, -0.2) is 10.2 Å². The number of nitrogens with two attached hydrogens (primary N) is 1. The minimum atomic E-state index is 0.485. The third-order valence-electron chi connectivity index (χ3n) is 2.27. The van der Waals surface area contributed by atoms with Crippen molar-refractivity contribution in [1.82, 2.24) is 10.2 Å². The van der Waals surface area contributed by atoms with Gasteiger partial charge >= 0.3 is 0 Å². The molecule has 1 aromatic carbocycles. The maximum atomic E-state index is 5.83. The number of hydrogen-bond acceptors (Lipinski definition) is 4. The molecule has 17 heavy (non-hydrogen) atoms. The Bertz CT molecular complexity index is 487. The van der Waals surface area contributed by atoms with Crippen LogP contribution in [0.15, 0.2) is 41.6 Å². The molecule has 88 valence electrons. The van der Waals surface area contributed by atoms with Crippen molar-refractivity contribution in [3.05, 3.63) is 52.7 Å². The third kappa shape index (κ3) is 3.43. The summed E-state index contributed by atoms with van der Waals surface area (Å²) in [7, 11) is 0. The SMILES string of the molecule is NCc1ccnnc1SCc1ccc(Cl)cc1. The highest BCUT2D eigenvalue weighted by molar-refractivity contribution is 7.98. The number of hydrogen-bond donors (Lipinski definition) is 1. The second kappa shape index (κ2) is 6.00. The Labute approximate surface area is 109 Å². The van der Waals surface area contributed by atoms with Gasteiger partial charge in [0, 0.05) is 29.1 Å². The zero-order chi connectivity index (χ0) is 12.1. The van der Waals surface area contributed by atoms with Gasteiger partial charge in [0.1, 0.15) is 5.03 Å². The zero-order valence-electron chi connectivity index (χ0n) is 9.14. The molecule has 0 aliphatic heterocycles. The van der Waals surface area contributed by atoms with Crippen molar-refractivity contribution in [2.45, 2.75) is 17.3 Å². The molecule has 0 aliphatic rings. The number of aromatic nitrogens is 2. The van der Waals surface area contributed by atoms with Crippen molar-refractivity contribution < 1.29 is 0 Å². The Morgan fingerprint density at radius 3 is 2.65 bits per heavy atom. The lowest BCUT2D eigenvalue weighted by Crippen LogP contribution is -2.01. The van der Waals surface area contributed by atoms with Gasteiger partial charge in [-0.25, -0.2) is 0 Å². The first-order valence-corrected chi connectivity index (χ1v) is 6.54. The normalized spacial score (nSPS) is 10.5. The van der Waals surface area contributed by atoms with Gasteiger partial charge < -0.3 is 5.73 Å². The molecule has 3 nitrogen and oxygen atoms in total. The summed E-state index contributed by atoms with van der Waals surface area (Å²) in [5, 5.41) is 9.61. The summed E-state index contributed by atoms with van der Waals surface area (Å²) in [4.78, 5) is 0. The van der Waals surface area contributed by atoms with E-state index in [2.05, 4.69) is 10.2 Å². The number of thioether (sulfide) groups is 1. The van der Waals surface area contributed by atoms with E-state index in [0.717, 1.165) is 21.4 Å². The average molecular weight is 266 g/mol. The Hall–Kier alpha value is -1.10. The van der Waals surface area contributed by atoms with Crippen LogP contribution in [0.2, 0.25) is 5.02 Å². The van der Waals surface area contributed by atoms with Gasteiger partial charge in [0.25, 0.3) is 0 Å². The average Bonchev–Trinajstić information content (AvgIpc) is 2.38. The molecular weight excluding hydrogens is 254 g/mol. The van der Waals surface area contributed by atoms with Gasteiger partial charge in [-0.05, 0) is 23.8 Å². The first-order valence-electron chi connectivity index (χ1n) is 5.17. The predicted octanol–water partition coefficient (Wildman–Crippen LogP) is 2.88. The Balaban J connectivity index is 2.04. The topological polar surface area (TPSA) is 51.8 Å². The molecule has 0 spiro atoms. The van der Waals surface area contributed by atoms with Gasteiger partial charge in [0.15, 0.2) is 0 Å². The molecule has 2 N–H and O–H groups in total. The second-order valence-electron chi connectivity index (χ2n) is 3.48. The number of rotatable bonds is 4. The molecule has 5 heteroatoms. The minimum Gasteiger partial charge on any atom is -0.326 e. The maximum absolute atomic E-state index is 5.83. The van der Waals surface area contributed by atoms with E-state index in [1.807, 2.05) is 30.3 Å². The number of halogens is 1. The lowest BCUT2D eigenvalue weighted by atomic mass is 10.2. The molecule has 0 saturated heterocycles. The van der Waals surface area contributed by atoms with Crippen LogP contribution in [0.3, 0.4) is 0 Å². The van der Waals surface area contributed by atoms with Crippen molar-refractivity contribution in [1.29, 1.82) is 0 Å². The lowest BCUT2D eigenvalue weighted by Gasteiger charge is -2.05. The van der Waals surface area contributed by atoms with Crippen LogP contribution in [0.5, 0.6) is 0 Å². The Morgan fingerprint density at radius 1 is 1.18 bits per heavy atom. The van der Waals surface area contributed by atoms with Gasteiger partial charge in [-0.2, -0.15) is 5.10 Å². The smallest absolute Gasteiger partial charge is 0.124 e. The highest BCUT2D eigenvalue weighted by Crippen LogP contribution is 2.23. The van der Waals surface area contributed by atoms with Gasteiger partial charge in [-0.1, -0.05) is 35.5 Å². The molecule has 0 saturated carbocycles. The largest absolute Gasteiger partial charge is 0.326 e. The van der Waals surface area contributed by atoms with Crippen LogP contribution < -0.4 is 5.73 Å². The molecular formula is C12H12ClN3S. The number of benzene rings is 1. The molecule has 0 fully saturated rings. The molecule has 2 rings (SSSR count). The quantitative estimate of drug-likeness (QED) is 0.864. The van der Waals surface area contributed by atoms with Crippen molar-refractivity contribution in [3.63, 3.8) is 0 Å². The molecule has 0 unspecified atom stereocenters. The summed E-state index contributed by atoms with van der Waals surface area (Å²) >= 11 is 7.46. The fourth-order valence-corrected chi connectivity index (χ4v) is 2.42. The molecule has 0 atom stereocenters. The summed E-state index contributed by atoms with van der Waals surface area (Å²) in [6.45, 7) is 0.485. The zero-order valence-corrected chi connectivity index (χ0v) is 10.7. The third-order valence-corrected chi connectivity index (χ3v) is 3.62. The summed E-state index contributed by atoms with van der Waals surface area (Å²) < 4.78 is 0. The molecule has 1 aromatic heterocycles. The summed E-state index contributed by atoms with van der Waals surface area (Å²) in [5.74, 6) is 0.836. The maximum Gasteiger partial charge on any atom is 0.124 e. The molecule has 2 aromatic rings. The molecule has 0 amide bonds. The van der Waals surface area contributed by atoms with E-state index < -0.39 is 0 Å². The molecule has 0 bridgehead atoms. The monoisotopic (exact) mass is 265 g/mol. The van der Waals surface area contributed by atoms with Gasteiger partial charge in [-0.3, -0.25) is 0 Å². The summed E-state index contributed by atoms with van der Waals surface area (Å²) in [5.41, 5.74) is 7.87. The molecule has 0 aliphatic carbocycles. The first kappa shape index (κ1) is 12.4. The Morgan fingerprint density at radius 2 is 1.94 bits per heavy atom. The van der Waals surface area contributed by atoms with Crippen LogP contribution in [0.4, 0.5) is 0 Å². The first-order chi connectivity index (χ1) is 8.29. The Kier molecular flexibility index (Phi) is 4.36. The van der Waals surface area contributed by atoms with E-state index in [1.165, 1.54) is 5.56 Å². The van der Waals surface area contributed by atoms with E-state index in [0.29, 0.717) is 6.54 Å². The van der Waals surface area contributed by atoms with E-state index in [1.54, 1.807) is 18.0 Å². The fraction of sp³-hybridized carbons (Fsp3) is 0.167. The van der Waals surface area contributed by atoms with Crippen LogP contribution in [0.25, 0.3) is 0 Å². The lowest BCUT2D eigenvalue weighted by molar-refractivity contribution is 0.866. The van der Waals surface area contributed by atoms with Crippen LogP contribution in [-0.2, 0) is 12.3 Å². The minimum absolute atomic E-state index is 0.485. The van der Waals surface area contributed by atoms with Crippen LogP contribution >= 0.6 is 23.4 Å².